The quantitative estimate of drug-likeness (QED) is 0.516. The Morgan fingerprint density at radius 3 is 2.36 bits per heavy atom. The zero-order valence-electron chi connectivity index (χ0n) is 15.1. The molecule has 0 aliphatic heterocycles. The third-order valence-electron chi connectivity index (χ3n) is 3.63. The molecule has 2 aromatic rings. The molecule has 28 heavy (non-hydrogen) atoms. The van der Waals surface area contributed by atoms with Gasteiger partial charge in [0.25, 0.3) is 5.91 Å². The number of carbonyl (C=O) groups is 3. The highest BCUT2D eigenvalue weighted by molar-refractivity contribution is 9.11. The van der Waals surface area contributed by atoms with Gasteiger partial charge in [0, 0.05) is 18.2 Å². The fourth-order valence-corrected chi connectivity index (χ4v) is 3.75. The summed E-state index contributed by atoms with van der Waals surface area (Å²) in [4.78, 5) is 33.9. The van der Waals surface area contributed by atoms with Crippen LogP contribution >= 0.6 is 31.9 Å². The first-order valence-corrected chi connectivity index (χ1v) is 9.79. The van der Waals surface area contributed by atoms with E-state index in [1.165, 1.54) is 6.92 Å². The summed E-state index contributed by atoms with van der Waals surface area (Å²) < 4.78 is 7.09. The lowest BCUT2D eigenvalue weighted by molar-refractivity contribution is -0.135. The van der Waals surface area contributed by atoms with Crippen LogP contribution < -0.4 is 15.4 Å². The van der Waals surface area contributed by atoms with Crippen LogP contribution in [0.1, 0.15) is 35.9 Å². The van der Waals surface area contributed by atoms with Gasteiger partial charge in [0.15, 0.2) is 0 Å². The third-order valence-corrected chi connectivity index (χ3v) is 4.81. The number of hydrogen-bond acceptors (Lipinski definition) is 4. The Hall–Kier alpha value is -2.39. The first-order valence-electron chi connectivity index (χ1n) is 8.20. The Kier molecular flexibility index (Phi) is 7.59. The summed E-state index contributed by atoms with van der Waals surface area (Å²) in [5.41, 5.74) is 1.81. The summed E-state index contributed by atoms with van der Waals surface area (Å²) in [6.45, 7) is 2.84. The van der Waals surface area contributed by atoms with Crippen molar-refractivity contribution >= 4 is 55.3 Å². The number of aliphatic carboxylic acids is 1. The lowest BCUT2D eigenvalue weighted by Gasteiger charge is -2.19. The van der Waals surface area contributed by atoms with Crippen molar-refractivity contribution in [2.75, 3.05) is 11.9 Å². The predicted octanol–water partition coefficient (Wildman–Crippen LogP) is 4.12. The van der Waals surface area contributed by atoms with Crippen molar-refractivity contribution in [1.82, 2.24) is 5.32 Å². The van der Waals surface area contributed by atoms with Gasteiger partial charge in [0.2, 0.25) is 5.91 Å². The number of ether oxygens (including phenoxy) is 1. The molecule has 9 heteroatoms. The molecule has 2 aromatic carbocycles. The van der Waals surface area contributed by atoms with E-state index in [1.807, 2.05) is 25.1 Å². The molecule has 0 aliphatic carbocycles. The van der Waals surface area contributed by atoms with Crippen LogP contribution in [0, 0.1) is 0 Å². The number of carboxylic acid groups (broad SMARTS) is 1. The van der Waals surface area contributed by atoms with E-state index < -0.39 is 18.4 Å². The van der Waals surface area contributed by atoms with Crippen molar-refractivity contribution in [2.24, 2.45) is 0 Å². The second-order valence-corrected chi connectivity index (χ2v) is 7.62. The molecule has 0 saturated carbocycles. The van der Waals surface area contributed by atoms with Crippen molar-refractivity contribution in [3.63, 3.8) is 0 Å². The zero-order valence-corrected chi connectivity index (χ0v) is 18.3. The minimum atomic E-state index is -1.12. The molecule has 0 aromatic heterocycles. The Balaban J connectivity index is 2.18. The van der Waals surface area contributed by atoms with Gasteiger partial charge in [-0.1, -0.05) is 12.1 Å². The lowest BCUT2D eigenvalue weighted by Crippen LogP contribution is -2.29. The molecule has 2 rings (SSSR count). The first-order chi connectivity index (χ1) is 13.2. The maximum Gasteiger partial charge on any atom is 0.322 e. The third kappa shape index (κ3) is 6.07. The van der Waals surface area contributed by atoms with Gasteiger partial charge < -0.3 is 20.5 Å². The predicted molar refractivity (Wildman–Crippen MR) is 112 cm³/mol. The van der Waals surface area contributed by atoms with E-state index in [1.54, 1.807) is 18.2 Å². The molecule has 0 heterocycles. The van der Waals surface area contributed by atoms with Crippen LogP contribution in [-0.2, 0) is 9.59 Å². The van der Waals surface area contributed by atoms with Gasteiger partial charge in [0.05, 0.1) is 8.95 Å². The molecular formula is C19H18Br2N2O5. The van der Waals surface area contributed by atoms with Crippen LogP contribution in [0.5, 0.6) is 5.75 Å². The maximum absolute atomic E-state index is 12.0. The zero-order chi connectivity index (χ0) is 20.8. The highest BCUT2D eigenvalue weighted by Crippen LogP contribution is 2.37. The lowest BCUT2D eigenvalue weighted by atomic mass is 10.1. The first kappa shape index (κ1) is 21.9. The molecule has 0 fully saturated rings. The molecule has 0 aliphatic rings. The number of halogens is 2. The number of benzene rings is 2. The highest BCUT2D eigenvalue weighted by atomic mass is 79.9. The second-order valence-electron chi connectivity index (χ2n) is 5.91. The van der Waals surface area contributed by atoms with Crippen molar-refractivity contribution in [2.45, 2.75) is 20.0 Å². The van der Waals surface area contributed by atoms with Crippen LogP contribution in [0.2, 0.25) is 0 Å². The molecule has 0 bridgehead atoms. The number of rotatable bonds is 7. The highest BCUT2D eigenvalue weighted by Gasteiger charge is 2.17. The largest absolute Gasteiger partial charge is 0.484 e. The van der Waals surface area contributed by atoms with E-state index in [2.05, 4.69) is 42.5 Å². The Bertz CT molecular complexity index is 894. The maximum atomic E-state index is 12.0. The number of hydrogen-bond donors (Lipinski definition) is 3. The average molecular weight is 514 g/mol. The van der Waals surface area contributed by atoms with E-state index in [0.717, 1.165) is 5.56 Å². The molecule has 0 spiro atoms. The van der Waals surface area contributed by atoms with Crippen LogP contribution in [0.3, 0.4) is 0 Å². The molecule has 7 nitrogen and oxygen atoms in total. The van der Waals surface area contributed by atoms with E-state index in [4.69, 9.17) is 9.84 Å². The molecular weight excluding hydrogens is 496 g/mol. The minimum absolute atomic E-state index is 0.159. The van der Waals surface area contributed by atoms with Gasteiger partial charge in [0.1, 0.15) is 18.4 Å². The van der Waals surface area contributed by atoms with Gasteiger partial charge in [-0.3, -0.25) is 14.4 Å². The summed E-state index contributed by atoms with van der Waals surface area (Å²) in [5.74, 6) is -1.30. The number of anilines is 1. The smallest absolute Gasteiger partial charge is 0.322 e. The standard InChI is InChI=1S/C19H18Br2N2O5/c1-10(12-4-3-5-14(6-12)23-11(2)24)28-18-15(20)7-13(8-16(18)21)19(27)22-9-17(25)26/h3-8,10H,9H2,1-2H3,(H,22,27)(H,23,24)(H,25,26). The second kappa shape index (κ2) is 9.70. The molecule has 0 radical (unpaired) electrons. The van der Waals surface area contributed by atoms with E-state index in [9.17, 15) is 14.4 Å². The normalized spacial score (nSPS) is 11.4. The van der Waals surface area contributed by atoms with E-state index in [-0.39, 0.29) is 17.6 Å². The van der Waals surface area contributed by atoms with Crippen molar-refractivity contribution < 1.29 is 24.2 Å². The van der Waals surface area contributed by atoms with Crippen LogP contribution in [0.15, 0.2) is 45.3 Å². The summed E-state index contributed by atoms with van der Waals surface area (Å²) >= 11 is 6.77. The van der Waals surface area contributed by atoms with Gasteiger partial charge in [-0.15, -0.1) is 0 Å². The van der Waals surface area contributed by atoms with Crippen molar-refractivity contribution in [3.05, 3.63) is 56.5 Å². The van der Waals surface area contributed by atoms with Crippen molar-refractivity contribution in [3.8, 4) is 5.75 Å². The topological polar surface area (TPSA) is 105 Å². The fourth-order valence-electron chi connectivity index (χ4n) is 2.38. The number of nitrogens with one attached hydrogen (secondary N) is 2. The Morgan fingerprint density at radius 2 is 1.79 bits per heavy atom. The Morgan fingerprint density at radius 1 is 1.14 bits per heavy atom. The Labute approximate surface area is 178 Å². The van der Waals surface area contributed by atoms with Crippen LogP contribution in [-0.4, -0.2) is 29.4 Å². The van der Waals surface area contributed by atoms with Gasteiger partial charge in [-0.25, -0.2) is 0 Å². The average Bonchev–Trinajstić information content (AvgIpc) is 2.62. The van der Waals surface area contributed by atoms with Crippen LogP contribution in [0.25, 0.3) is 0 Å². The summed E-state index contributed by atoms with van der Waals surface area (Å²) in [6.07, 6.45) is -0.340. The molecule has 1 unspecified atom stereocenters. The summed E-state index contributed by atoms with van der Waals surface area (Å²) in [7, 11) is 0. The molecule has 148 valence electrons. The fraction of sp³-hybridized carbons (Fsp3) is 0.211. The molecule has 1 atom stereocenters. The SMILES string of the molecule is CC(=O)Nc1cccc(C(C)Oc2c(Br)cc(C(=O)NCC(=O)O)cc2Br)c1. The molecule has 3 N–H and O–H groups in total. The van der Waals surface area contributed by atoms with E-state index >= 15 is 0 Å². The van der Waals surface area contributed by atoms with E-state index in [0.29, 0.717) is 20.4 Å². The van der Waals surface area contributed by atoms with Crippen molar-refractivity contribution in [1.29, 1.82) is 0 Å². The number of carbonyl (C=O) groups excluding carboxylic acids is 2. The van der Waals surface area contributed by atoms with Crippen LogP contribution in [0.4, 0.5) is 5.69 Å². The number of carboxylic acids is 1. The van der Waals surface area contributed by atoms with Gasteiger partial charge >= 0.3 is 5.97 Å². The van der Waals surface area contributed by atoms with Gasteiger partial charge in [-0.2, -0.15) is 0 Å². The summed E-state index contributed by atoms with van der Waals surface area (Å²) in [6, 6.07) is 10.4. The summed E-state index contributed by atoms with van der Waals surface area (Å²) in [5, 5.41) is 13.7. The monoisotopic (exact) mass is 512 g/mol. The molecule has 2 amide bonds. The minimum Gasteiger partial charge on any atom is -0.484 e. The number of amides is 2. The van der Waals surface area contributed by atoms with Gasteiger partial charge in [-0.05, 0) is 68.6 Å². The molecule has 0 saturated heterocycles.